The second-order valence-corrected chi connectivity index (χ2v) is 7.34. The van der Waals surface area contributed by atoms with Crippen molar-refractivity contribution in [1.29, 1.82) is 0 Å². The summed E-state index contributed by atoms with van der Waals surface area (Å²) in [5.74, 6) is -2.19. The van der Waals surface area contributed by atoms with Crippen molar-refractivity contribution in [2.45, 2.75) is 18.8 Å². The molecule has 0 unspecified atom stereocenters. The number of aliphatic carboxylic acids is 1. The lowest BCUT2D eigenvalue weighted by Crippen LogP contribution is -2.33. The number of carbonyl (C=O) groups is 2. The van der Waals surface area contributed by atoms with Crippen molar-refractivity contribution in [3.05, 3.63) is 51.8 Å². The van der Waals surface area contributed by atoms with Gasteiger partial charge < -0.3 is 20.4 Å². The van der Waals surface area contributed by atoms with Gasteiger partial charge in [-0.05, 0) is 54.7 Å². The Balaban J connectivity index is 1.69. The number of pyridine rings is 1. The van der Waals surface area contributed by atoms with Gasteiger partial charge in [-0.15, -0.1) is 0 Å². The summed E-state index contributed by atoms with van der Waals surface area (Å²) in [5, 5.41) is 21.8. The van der Waals surface area contributed by atoms with Crippen molar-refractivity contribution >= 4 is 40.8 Å². The maximum absolute atomic E-state index is 12.0. The maximum atomic E-state index is 12.0. The van der Waals surface area contributed by atoms with Crippen LogP contribution in [0.2, 0.25) is 10.2 Å². The summed E-state index contributed by atoms with van der Waals surface area (Å²) in [6.45, 7) is 1.05. The fourth-order valence-corrected chi connectivity index (χ4v) is 3.71. The molecule has 7 nitrogen and oxygen atoms in total. The van der Waals surface area contributed by atoms with Gasteiger partial charge in [-0.2, -0.15) is 0 Å². The van der Waals surface area contributed by atoms with Gasteiger partial charge in [0.25, 0.3) is 5.91 Å². The van der Waals surface area contributed by atoms with Gasteiger partial charge in [-0.1, -0.05) is 23.2 Å². The highest BCUT2D eigenvalue weighted by molar-refractivity contribution is 6.30. The van der Waals surface area contributed by atoms with Crippen LogP contribution in [0.3, 0.4) is 0 Å². The van der Waals surface area contributed by atoms with Crippen molar-refractivity contribution in [1.82, 2.24) is 10.3 Å². The zero-order valence-corrected chi connectivity index (χ0v) is 16.4. The van der Waals surface area contributed by atoms with Crippen LogP contribution in [0.15, 0.2) is 30.3 Å². The highest BCUT2D eigenvalue weighted by Crippen LogP contribution is 2.36. The fourth-order valence-electron chi connectivity index (χ4n) is 3.29. The number of carboxylic acid groups (broad SMARTS) is 1. The minimum Gasteiger partial charge on any atom is -0.505 e. The molecular formula is C19H19Cl2N3O4. The van der Waals surface area contributed by atoms with Crippen molar-refractivity contribution in [2.24, 2.45) is 0 Å². The van der Waals surface area contributed by atoms with E-state index in [9.17, 15) is 14.7 Å². The average molecular weight is 424 g/mol. The molecule has 0 spiro atoms. The number of nitrogens with zero attached hydrogens (tertiary/aromatic N) is 2. The van der Waals surface area contributed by atoms with Crippen LogP contribution in [0, 0.1) is 0 Å². The van der Waals surface area contributed by atoms with Crippen LogP contribution in [0.25, 0.3) is 0 Å². The molecule has 9 heteroatoms. The molecule has 3 rings (SSSR count). The number of piperidine rings is 1. The Hall–Kier alpha value is -2.51. The maximum Gasteiger partial charge on any atom is 0.322 e. The minimum atomic E-state index is -1.19. The molecular weight excluding hydrogens is 405 g/mol. The van der Waals surface area contributed by atoms with E-state index in [2.05, 4.69) is 15.2 Å². The van der Waals surface area contributed by atoms with E-state index in [0.29, 0.717) is 10.6 Å². The van der Waals surface area contributed by atoms with Gasteiger partial charge in [0.2, 0.25) is 0 Å². The number of hydrogen-bond donors (Lipinski definition) is 3. The summed E-state index contributed by atoms with van der Waals surface area (Å²) in [7, 11) is 0. The lowest BCUT2D eigenvalue weighted by Gasteiger charge is -2.34. The van der Waals surface area contributed by atoms with Crippen LogP contribution in [0.1, 0.15) is 34.8 Å². The zero-order valence-electron chi connectivity index (χ0n) is 14.9. The highest BCUT2D eigenvalue weighted by Gasteiger charge is 2.26. The summed E-state index contributed by atoms with van der Waals surface area (Å²) in [6.07, 6.45) is 1.63. The molecule has 0 aliphatic carbocycles. The van der Waals surface area contributed by atoms with Gasteiger partial charge in [-0.25, -0.2) is 4.98 Å². The number of amides is 1. The number of aromatic hydroxyl groups is 1. The summed E-state index contributed by atoms with van der Waals surface area (Å²) in [4.78, 5) is 28.8. The van der Waals surface area contributed by atoms with Gasteiger partial charge in [0.05, 0.1) is 0 Å². The normalized spacial score (nSPS) is 14.7. The quantitative estimate of drug-likeness (QED) is 0.637. The average Bonchev–Trinajstić information content (AvgIpc) is 2.68. The topological polar surface area (TPSA) is 103 Å². The molecule has 0 atom stereocenters. The van der Waals surface area contributed by atoms with Crippen LogP contribution in [-0.2, 0) is 4.79 Å². The predicted octanol–water partition coefficient (Wildman–Crippen LogP) is 3.29. The molecule has 0 bridgehead atoms. The van der Waals surface area contributed by atoms with E-state index < -0.39 is 18.4 Å². The van der Waals surface area contributed by atoms with Crippen molar-refractivity contribution in [3.63, 3.8) is 0 Å². The van der Waals surface area contributed by atoms with E-state index >= 15 is 0 Å². The second-order valence-electron chi connectivity index (χ2n) is 6.55. The summed E-state index contributed by atoms with van der Waals surface area (Å²) in [5.41, 5.74) is 1.50. The number of carboxylic acids is 1. The van der Waals surface area contributed by atoms with E-state index in [-0.39, 0.29) is 22.5 Å². The fraction of sp³-hybridized carbons (Fsp3) is 0.316. The first kappa shape index (κ1) is 20.2. The van der Waals surface area contributed by atoms with E-state index in [4.69, 9.17) is 28.3 Å². The lowest BCUT2D eigenvalue weighted by molar-refractivity contribution is -0.135. The van der Waals surface area contributed by atoms with Crippen LogP contribution in [0.5, 0.6) is 5.75 Å². The van der Waals surface area contributed by atoms with Crippen molar-refractivity contribution < 1.29 is 19.8 Å². The number of nitrogens with one attached hydrogen (secondary N) is 1. The largest absolute Gasteiger partial charge is 0.505 e. The van der Waals surface area contributed by atoms with Gasteiger partial charge in [0.15, 0.2) is 5.69 Å². The molecule has 2 heterocycles. The lowest BCUT2D eigenvalue weighted by atomic mass is 9.90. The van der Waals surface area contributed by atoms with Gasteiger partial charge in [0.1, 0.15) is 17.4 Å². The number of aromatic nitrogens is 1. The Morgan fingerprint density at radius 2 is 1.82 bits per heavy atom. The van der Waals surface area contributed by atoms with Crippen molar-refractivity contribution in [2.75, 3.05) is 24.5 Å². The molecule has 1 fully saturated rings. The highest BCUT2D eigenvalue weighted by atomic mass is 35.5. The van der Waals surface area contributed by atoms with E-state index in [1.54, 1.807) is 0 Å². The Bertz CT molecular complexity index is 881. The Morgan fingerprint density at radius 3 is 2.43 bits per heavy atom. The molecule has 28 heavy (non-hydrogen) atoms. The summed E-state index contributed by atoms with van der Waals surface area (Å²) >= 11 is 12.2. The molecule has 1 amide bonds. The SMILES string of the molecule is O=C(O)CNC(=O)c1nc(Cl)c(C2CCN(c3ccc(Cl)cc3)CC2)cc1O. The third-order valence-corrected chi connectivity index (χ3v) is 5.28. The molecule has 3 N–H and O–H groups in total. The van der Waals surface area contributed by atoms with Crippen molar-refractivity contribution in [3.8, 4) is 5.75 Å². The number of benzene rings is 1. The predicted molar refractivity (Wildman–Crippen MR) is 107 cm³/mol. The number of anilines is 1. The summed E-state index contributed by atoms with van der Waals surface area (Å²) in [6, 6.07) is 9.13. The molecule has 1 saturated heterocycles. The first-order valence-corrected chi connectivity index (χ1v) is 9.50. The van der Waals surface area contributed by atoms with E-state index in [1.165, 1.54) is 6.07 Å². The van der Waals surface area contributed by atoms with Crippen LogP contribution < -0.4 is 10.2 Å². The monoisotopic (exact) mass is 423 g/mol. The smallest absolute Gasteiger partial charge is 0.322 e. The number of hydrogen-bond acceptors (Lipinski definition) is 5. The second kappa shape index (κ2) is 8.67. The van der Waals surface area contributed by atoms with Gasteiger partial charge in [-0.3, -0.25) is 9.59 Å². The van der Waals surface area contributed by atoms with E-state index in [0.717, 1.165) is 31.6 Å². The molecule has 1 aliphatic heterocycles. The molecule has 148 valence electrons. The number of carbonyl (C=O) groups excluding carboxylic acids is 1. The summed E-state index contributed by atoms with van der Waals surface area (Å²) < 4.78 is 0. The standard InChI is InChI=1S/C19H19Cl2N3O4/c20-12-1-3-13(4-2-12)24-7-5-11(6-8-24)14-9-15(25)17(23-18(14)21)19(28)22-10-16(26)27/h1-4,9,11,25H,5-8,10H2,(H,22,28)(H,26,27). The van der Waals surface area contributed by atoms with Crippen LogP contribution in [-0.4, -0.2) is 46.7 Å². The molecule has 1 aromatic heterocycles. The van der Waals surface area contributed by atoms with E-state index in [1.807, 2.05) is 24.3 Å². The Morgan fingerprint density at radius 1 is 1.18 bits per heavy atom. The zero-order chi connectivity index (χ0) is 20.3. The van der Waals surface area contributed by atoms with Crippen LogP contribution >= 0.6 is 23.2 Å². The molecule has 1 aliphatic rings. The minimum absolute atomic E-state index is 0.102. The van der Waals surface area contributed by atoms with Crippen LogP contribution in [0.4, 0.5) is 5.69 Å². The molecule has 1 aromatic carbocycles. The Kier molecular flexibility index (Phi) is 6.26. The first-order chi connectivity index (χ1) is 13.3. The molecule has 0 radical (unpaired) electrons. The first-order valence-electron chi connectivity index (χ1n) is 8.75. The van der Waals surface area contributed by atoms with Gasteiger partial charge >= 0.3 is 5.97 Å². The third-order valence-electron chi connectivity index (χ3n) is 4.72. The third kappa shape index (κ3) is 4.66. The number of halogens is 2. The molecule has 0 saturated carbocycles. The van der Waals surface area contributed by atoms with Gasteiger partial charge in [0, 0.05) is 23.8 Å². The Labute approximate surface area is 171 Å². The number of rotatable bonds is 5. The molecule has 2 aromatic rings.